The van der Waals surface area contributed by atoms with Gasteiger partial charge in [-0.05, 0) is 31.2 Å². The van der Waals surface area contributed by atoms with Gasteiger partial charge in [0.05, 0.1) is 37.4 Å². The third-order valence-electron chi connectivity index (χ3n) is 3.78. The van der Waals surface area contributed by atoms with Crippen molar-refractivity contribution in [3.8, 4) is 17.3 Å². The Kier molecular flexibility index (Phi) is 4.65. The quantitative estimate of drug-likeness (QED) is 0.774. The second-order valence-corrected chi connectivity index (χ2v) is 5.26. The van der Waals surface area contributed by atoms with E-state index in [1.165, 1.54) is 6.20 Å². The molecule has 0 bridgehead atoms. The molecule has 7 heteroatoms. The van der Waals surface area contributed by atoms with Gasteiger partial charge in [-0.15, -0.1) is 0 Å². The number of benzene rings is 1. The molecule has 0 radical (unpaired) electrons. The minimum Gasteiger partial charge on any atom is -0.497 e. The van der Waals surface area contributed by atoms with Gasteiger partial charge in [0, 0.05) is 12.3 Å². The zero-order valence-electron chi connectivity index (χ0n) is 14.2. The minimum absolute atomic E-state index is 0.286. The molecule has 0 aliphatic carbocycles. The summed E-state index contributed by atoms with van der Waals surface area (Å²) in [4.78, 5) is 16.9. The molecule has 2 heterocycles. The van der Waals surface area contributed by atoms with Crippen LogP contribution in [-0.2, 0) is 0 Å². The lowest BCUT2D eigenvalue weighted by Gasteiger charge is -2.11. The summed E-state index contributed by atoms with van der Waals surface area (Å²) in [5, 5.41) is 7.10. The van der Waals surface area contributed by atoms with Crippen LogP contribution in [0.2, 0.25) is 0 Å². The SMILES string of the molecule is COc1ccc(OC)c(NC(=O)c2cnn(-c3ccccn3)c2C)c1. The lowest BCUT2D eigenvalue weighted by atomic mass is 10.2. The van der Waals surface area contributed by atoms with Gasteiger partial charge in [-0.25, -0.2) is 9.67 Å². The van der Waals surface area contributed by atoms with E-state index in [1.54, 1.807) is 43.3 Å². The van der Waals surface area contributed by atoms with Gasteiger partial charge in [-0.1, -0.05) is 6.07 Å². The predicted octanol–water partition coefficient (Wildman–Crippen LogP) is 2.85. The fourth-order valence-electron chi connectivity index (χ4n) is 2.44. The van der Waals surface area contributed by atoms with E-state index >= 15 is 0 Å². The first-order chi connectivity index (χ1) is 12.1. The molecule has 7 nitrogen and oxygen atoms in total. The number of methoxy groups -OCH3 is 2. The van der Waals surface area contributed by atoms with E-state index < -0.39 is 0 Å². The number of amides is 1. The molecule has 1 aromatic carbocycles. The normalized spacial score (nSPS) is 10.4. The Balaban J connectivity index is 1.89. The first kappa shape index (κ1) is 16.5. The number of carbonyl (C=O) groups excluding carboxylic acids is 1. The fourth-order valence-corrected chi connectivity index (χ4v) is 2.44. The summed E-state index contributed by atoms with van der Waals surface area (Å²) in [7, 11) is 3.11. The first-order valence-corrected chi connectivity index (χ1v) is 7.63. The van der Waals surface area contributed by atoms with Gasteiger partial charge in [0.1, 0.15) is 11.5 Å². The van der Waals surface area contributed by atoms with E-state index in [4.69, 9.17) is 9.47 Å². The number of pyridine rings is 1. The Bertz CT molecular complexity index is 891. The molecule has 3 aromatic rings. The van der Waals surface area contributed by atoms with E-state index in [9.17, 15) is 4.79 Å². The van der Waals surface area contributed by atoms with E-state index in [0.29, 0.717) is 34.3 Å². The van der Waals surface area contributed by atoms with Crippen LogP contribution in [0.4, 0.5) is 5.69 Å². The number of rotatable bonds is 5. The largest absolute Gasteiger partial charge is 0.497 e. The smallest absolute Gasteiger partial charge is 0.259 e. The monoisotopic (exact) mass is 338 g/mol. The van der Waals surface area contributed by atoms with Crippen LogP contribution in [0.15, 0.2) is 48.8 Å². The van der Waals surface area contributed by atoms with Crippen molar-refractivity contribution in [2.45, 2.75) is 6.92 Å². The van der Waals surface area contributed by atoms with Crippen molar-refractivity contribution in [3.05, 3.63) is 60.0 Å². The maximum Gasteiger partial charge on any atom is 0.259 e. The summed E-state index contributed by atoms with van der Waals surface area (Å²) in [6, 6.07) is 10.7. The molecule has 0 fully saturated rings. The van der Waals surface area contributed by atoms with Crippen LogP contribution in [0, 0.1) is 6.92 Å². The van der Waals surface area contributed by atoms with Gasteiger partial charge in [-0.2, -0.15) is 5.10 Å². The average molecular weight is 338 g/mol. The molecule has 1 N–H and O–H groups in total. The second kappa shape index (κ2) is 7.04. The lowest BCUT2D eigenvalue weighted by molar-refractivity contribution is 0.102. The number of hydrogen-bond donors (Lipinski definition) is 1. The highest BCUT2D eigenvalue weighted by molar-refractivity contribution is 6.05. The van der Waals surface area contributed by atoms with E-state index in [-0.39, 0.29) is 5.91 Å². The van der Waals surface area contributed by atoms with Crippen LogP contribution < -0.4 is 14.8 Å². The number of aromatic nitrogens is 3. The zero-order valence-corrected chi connectivity index (χ0v) is 14.2. The van der Waals surface area contributed by atoms with E-state index in [1.807, 2.05) is 25.1 Å². The van der Waals surface area contributed by atoms with Gasteiger partial charge >= 0.3 is 0 Å². The molecule has 0 spiro atoms. The van der Waals surface area contributed by atoms with Crippen molar-refractivity contribution in [3.63, 3.8) is 0 Å². The number of nitrogens with zero attached hydrogens (tertiary/aromatic N) is 3. The summed E-state index contributed by atoms with van der Waals surface area (Å²) in [5.74, 6) is 1.53. The van der Waals surface area contributed by atoms with Crippen LogP contribution in [0.1, 0.15) is 16.1 Å². The van der Waals surface area contributed by atoms with Gasteiger partial charge < -0.3 is 14.8 Å². The number of carbonyl (C=O) groups is 1. The Labute approximate surface area is 145 Å². The van der Waals surface area contributed by atoms with Crippen LogP contribution in [0.5, 0.6) is 11.5 Å². The summed E-state index contributed by atoms with van der Waals surface area (Å²) >= 11 is 0. The molecule has 1 amide bonds. The van der Waals surface area contributed by atoms with Gasteiger partial charge in [0.15, 0.2) is 5.82 Å². The van der Waals surface area contributed by atoms with Gasteiger partial charge in [-0.3, -0.25) is 4.79 Å². The number of anilines is 1. The third kappa shape index (κ3) is 3.30. The summed E-state index contributed by atoms with van der Waals surface area (Å²) in [5.41, 5.74) is 1.67. The summed E-state index contributed by atoms with van der Waals surface area (Å²) in [6.07, 6.45) is 3.20. The fraction of sp³-hybridized carbons (Fsp3) is 0.167. The Morgan fingerprint density at radius 2 is 2.00 bits per heavy atom. The lowest BCUT2D eigenvalue weighted by Crippen LogP contribution is -2.14. The van der Waals surface area contributed by atoms with Crippen molar-refractivity contribution in [1.82, 2.24) is 14.8 Å². The van der Waals surface area contributed by atoms with Crippen molar-refractivity contribution in [2.75, 3.05) is 19.5 Å². The third-order valence-corrected chi connectivity index (χ3v) is 3.78. The van der Waals surface area contributed by atoms with Crippen LogP contribution in [-0.4, -0.2) is 34.9 Å². The van der Waals surface area contributed by atoms with Crippen molar-refractivity contribution >= 4 is 11.6 Å². The number of hydrogen-bond acceptors (Lipinski definition) is 5. The standard InChI is InChI=1S/C18H18N4O3/c1-12-14(11-20-22(12)17-6-4-5-9-19-17)18(23)21-15-10-13(24-2)7-8-16(15)25-3/h4-11H,1-3H3,(H,21,23). The summed E-state index contributed by atoms with van der Waals surface area (Å²) in [6.45, 7) is 1.82. The van der Waals surface area contributed by atoms with Crippen molar-refractivity contribution in [2.24, 2.45) is 0 Å². The van der Waals surface area contributed by atoms with Gasteiger partial charge in [0.2, 0.25) is 0 Å². The van der Waals surface area contributed by atoms with Crippen molar-refractivity contribution in [1.29, 1.82) is 0 Å². The Hall–Kier alpha value is -3.35. The summed E-state index contributed by atoms with van der Waals surface area (Å²) < 4.78 is 12.1. The molecule has 128 valence electrons. The minimum atomic E-state index is -0.286. The molecule has 25 heavy (non-hydrogen) atoms. The van der Waals surface area contributed by atoms with E-state index in [0.717, 1.165) is 0 Å². The maximum atomic E-state index is 12.7. The molecule has 0 saturated carbocycles. The first-order valence-electron chi connectivity index (χ1n) is 7.63. The Morgan fingerprint density at radius 1 is 1.16 bits per heavy atom. The Morgan fingerprint density at radius 3 is 2.68 bits per heavy atom. The van der Waals surface area contributed by atoms with E-state index in [2.05, 4.69) is 15.4 Å². The zero-order chi connectivity index (χ0) is 17.8. The molecular weight excluding hydrogens is 320 g/mol. The number of nitrogens with one attached hydrogen (secondary N) is 1. The van der Waals surface area contributed by atoms with Crippen LogP contribution in [0.25, 0.3) is 5.82 Å². The average Bonchev–Trinajstić information content (AvgIpc) is 3.04. The highest BCUT2D eigenvalue weighted by atomic mass is 16.5. The predicted molar refractivity (Wildman–Crippen MR) is 93.6 cm³/mol. The molecule has 3 rings (SSSR count). The van der Waals surface area contributed by atoms with Gasteiger partial charge in [0.25, 0.3) is 5.91 Å². The molecule has 0 unspecified atom stereocenters. The topological polar surface area (TPSA) is 78.3 Å². The molecule has 0 saturated heterocycles. The highest BCUT2D eigenvalue weighted by Crippen LogP contribution is 2.29. The second-order valence-electron chi connectivity index (χ2n) is 5.26. The van der Waals surface area contributed by atoms with Crippen LogP contribution >= 0.6 is 0 Å². The van der Waals surface area contributed by atoms with Crippen LogP contribution in [0.3, 0.4) is 0 Å². The molecular formula is C18H18N4O3. The molecule has 2 aromatic heterocycles. The highest BCUT2D eigenvalue weighted by Gasteiger charge is 2.17. The number of ether oxygens (including phenoxy) is 2. The molecule has 0 aliphatic heterocycles. The van der Waals surface area contributed by atoms with Crippen molar-refractivity contribution < 1.29 is 14.3 Å². The molecule has 0 aliphatic rings. The molecule has 0 atom stereocenters. The maximum absolute atomic E-state index is 12.7.